The molecule has 1 amide bonds. The van der Waals surface area contributed by atoms with Crippen LogP contribution in [0.3, 0.4) is 0 Å². The zero-order valence-corrected chi connectivity index (χ0v) is 11.1. The maximum absolute atomic E-state index is 12.3. The molecular formula is C12H12F3NO3S. The predicted octanol–water partition coefficient (Wildman–Crippen LogP) is 2.25. The van der Waals surface area contributed by atoms with Crippen molar-refractivity contribution in [1.82, 2.24) is 4.90 Å². The van der Waals surface area contributed by atoms with Gasteiger partial charge in [-0.25, -0.2) is 0 Å². The van der Waals surface area contributed by atoms with Crippen LogP contribution in [-0.4, -0.2) is 46.9 Å². The Morgan fingerprint density at radius 2 is 1.80 bits per heavy atom. The van der Waals surface area contributed by atoms with Crippen LogP contribution >= 0.6 is 11.8 Å². The normalized spacial score (nSPS) is 11.2. The number of amides is 1. The van der Waals surface area contributed by atoms with Crippen LogP contribution in [0.15, 0.2) is 35.2 Å². The largest absolute Gasteiger partial charge is 0.480 e. The first-order chi connectivity index (χ1) is 9.28. The molecule has 1 N–H and O–H groups in total. The Balaban J connectivity index is 2.61. The minimum atomic E-state index is -4.62. The molecule has 0 saturated carbocycles. The molecule has 1 aromatic carbocycles. The SMILES string of the molecule is O=C(O)CN(CC(F)(F)F)C(=O)CSc1ccccc1. The summed E-state index contributed by atoms with van der Waals surface area (Å²) < 4.78 is 36.9. The molecular weight excluding hydrogens is 295 g/mol. The summed E-state index contributed by atoms with van der Waals surface area (Å²) in [6, 6.07) is 8.66. The zero-order chi connectivity index (χ0) is 15.2. The minimum absolute atomic E-state index is 0.243. The summed E-state index contributed by atoms with van der Waals surface area (Å²) in [6.07, 6.45) is -4.62. The Morgan fingerprint density at radius 3 is 2.30 bits per heavy atom. The van der Waals surface area contributed by atoms with Crippen LogP contribution in [-0.2, 0) is 9.59 Å². The number of benzene rings is 1. The third kappa shape index (κ3) is 6.46. The molecule has 0 aliphatic rings. The average molecular weight is 307 g/mol. The highest BCUT2D eigenvalue weighted by Gasteiger charge is 2.33. The second kappa shape index (κ2) is 7.18. The molecule has 0 aliphatic heterocycles. The molecule has 4 nitrogen and oxygen atoms in total. The van der Waals surface area contributed by atoms with Gasteiger partial charge in [0, 0.05) is 4.90 Å². The standard InChI is InChI=1S/C12H12F3NO3S/c13-12(14,15)8-16(6-11(18)19)10(17)7-20-9-4-2-1-3-5-9/h1-5H,6-8H2,(H,18,19). The fraction of sp³-hybridized carbons (Fsp3) is 0.333. The van der Waals surface area contributed by atoms with Crippen molar-refractivity contribution < 1.29 is 27.9 Å². The van der Waals surface area contributed by atoms with Crippen LogP contribution in [0.5, 0.6) is 0 Å². The first-order valence-electron chi connectivity index (χ1n) is 5.52. The number of nitrogens with zero attached hydrogens (tertiary/aromatic N) is 1. The summed E-state index contributed by atoms with van der Waals surface area (Å²) in [6.45, 7) is -2.53. The lowest BCUT2D eigenvalue weighted by atomic mass is 10.4. The summed E-state index contributed by atoms with van der Waals surface area (Å²) in [4.78, 5) is 23.2. The highest BCUT2D eigenvalue weighted by Crippen LogP contribution is 2.20. The van der Waals surface area contributed by atoms with Crippen molar-refractivity contribution in [1.29, 1.82) is 0 Å². The molecule has 110 valence electrons. The molecule has 0 atom stereocenters. The van der Waals surface area contributed by atoms with E-state index >= 15 is 0 Å². The first-order valence-corrected chi connectivity index (χ1v) is 6.50. The van der Waals surface area contributed by atoms with Crippen LogP contribution in [0.2, 0.25) is 0 Å². The van der Waals surface area contributed by atoms with Crippen molar-refractivity contribution in [2.75, 3.05) is 18.8 Å². The Hall–Kier alpha value is -1.70. The van der Waals surface area contributed by atoms with E-state index < -0.39 is 31.1 Å². The van der Waals surface area contributed by atoms with E-state index in [-0.39, 0.29) is 10.7 Å². The maximum Gasteiger partial charge on any atom is 0.406 e. The third-order valence-electron chi connectivity index (χ3n) is 2.15. The minimum Gasteiger partial charge on any atom is -0.480 e. The Bertz CT molecular complexity index is 465. The van der Waals surface area contributed by atoms with Gasteiger partial charge in [-0.2, -0.15) is 13.2 Å². The second-order valence-corrected chi connectivity index (χ2v) is 4.91. The summed E-state index contributed by atoms with van der Waals surface area (Å²) in [5, 5.41) is 8.55. The first kappa shape index (κ1) is 16.4. The van der Waals surface area contributed by atoms with E-state index in [0.29, 0.717) is 0 Å². The van der Waals surface area contributed by atoms with Gasteiger partial charge in [0.05, 0.1) is 5.75 Å². The van der Waals surface area contributed by atoms with Gasteiger partial charge in [-0.3, -0.25) is 9.59 Å². The van der Waals surface area contributed by atoms with E-state index in [9.17, 15) is 22.8 Å². The van der Waals surface area contributed by atoms with E-state index in [1.807, 2.05) is 0 Å². The number of carboxylic acid groups (broad SMARTS) is 1. The number of hydrogen-bond acceptors (Lipinski definition) is 3. The molecule has 0 heterocycles. The molecule has 0 aromatic heterocycles. The van der Waals surface area contributed by atoms with E-state index in [0.717, 1.165) is 16.7 Å². The number of rotatable bonds is 6. The number of thioether (sulfide) groups is 1. The van der Waals surface area contributed by atoms with Crippen molar-refractivity contribution in [3.8, 4) is 0 Å². The summed E-state index contributed by atoms with van der Waals surface area (Å²) in [5.41, 5.74) is 0. The van der Waals surface area contributed by atoms with Crippen molar-refractivity contribution in [3.63, 3.8) is 0 Å². The van der Waals surface area contributed by atoms with E-state index in [1.165, 1.54) is 0 Å². The zero-order valence-electron chi connectivity index (χ0n) is 10.3. The highest BCUT2D eigenvalue weighted by atomic mass is 32.2. The number of carbonyl (C=O) groups is 2. The van der Waals surface area contributed by atoms with Gasteiger partial charge in [0.1, 0.15) is 13.1 Å². The quantitative estimate of drug-likeness (QED) is 0.819. The van der Waals surface area contributed by atoms with E-state index in [4.69, 9.17) is 5.11 Å². The summed E-state index contributed by atoms with van der Waals surface area (Å²) >= 11 is 1.06. The van der Waals surface area contributed by atoms with Gasteiger partial charge >= 0.3 is 12.1 Å². The van der Waals surface area contributed by atoms with Crippen LogP contribution < -0.4 is 0 Å². The van der Waals surface area contributed by atoms with Crippen LogP contribution in [0.1, 0.15) is 0 Å². The van der Waals surface area contributed by atoms with Crippen LogP contribution in [0.25, 0.3) is 0 Å². The van der Waals surface area contributed by atoms with Crippen molar-refractivity contribution >= 4 is 23.6 Å². The van der Waals surface area contributed by atoms with Crippen LogP contribution in [0.4, 0.5) is 13.2 Å². The Labute approximate surface area is 117 Å². The molecule has 0 spiro atoms. The lowest BCUT2D eigenvalue weighted by Crippen LogP contribution is -2.42. The molecule has 1 aromatic rings. The molecule has 0 aliphatic carbocycles. The molecule has 1 rings (SSSR count). The monoisotopic (exact) mass is 307 g/mol. The topological polar surface area (TPSA) is 57.6 Å². The smallest absolute Gasteiger partial charge is 0.406 e. The number of carbonyl (C=O) groups excluding carboxylic acids is 1. The molecule has 0 unspecified atom stereocenters. The molecule has 20 heavy (non-hydrogen) atoms. The predicted molar refractivity (Wildman–Crippen MR) is 67.4 cm³/mol. The van der Waals surface area contributed by atoms with Gasteiger partial charge < -0.3 is 10.0 Å². The number of halogens is 3. The van der Waals surface area contributed by atoms with Crippen molar-refractivity contribution in [2.45, 2.75) is 11.1 Å². The van der Waals surface area contributed by atoms with E-state index in [2.05, 4.69) is 0 Å². The molecule has 8 heteroatoms. The van der Waals surface area contributed by atoms with Gasteiger partial charge in [0.2, 0.25) is 5.91 Å². The van der Waals surface area contributed by atoms with Gasteiger partial charge in [0.15, 0.2) is 0 Å². The van der Waals surface area contributed by atoms with E-state index in [1.54, 1.807) is 30.3 Å². The number of carboxylic acids is 1. The molecule has 0 bridgehead atoms. The third-order valence-corrected chi connectivity index (χ3v) is 3.15. The van der Waals surface area contributed by atoms with Gasteiger partial charge in [0.25, 0.3) is 0 Å². The maximum atomic E-state index is 12.3. The molecule has 0 fully saturated rings. The lowest BCUT2D eigenvalue weighted by Gasteiger charge is -2.21. The average Bonchev–Trinajstić information content (AvgIpc) is 2.34. The Morgan fingerprint density at radius 1 is 1.20 bits per heavy atom. The van der Waals surface area contributed by atoms with Gasteiger partial charge in [-0.15, -0.1) is 11.8 Å². The number of aliphatic carboxylic acids is 1. The fourth-order valence-electron chi connectivity index (χ4n) is 1.37. The lowest BCUT2D eigenvalue weighted by molar-refractivity contribution is -0.164. The van der Waals surface area contributed by atoms with Crippen molar-refractivity contribution in [2.24, 2.45) is 0 Å². The summed E-state index contributed by atoms with van der Waals surface area (Å²) in [5.74, 6) is -2.58. The second-order valence-electron chi connectivity index (χ2n) is 3.86. The van der Waals surface area contributed by atoms with Gasteiger partial charge in [-0.1, -0.05) is 18.2 Å². The van der Waals surface area contributed by atoms with Gasteiger partial charge in [-0.05, 0) is 12.1 Å². The highest BCUT2D eigenvalue weighted by molar-refractivity contribution is 8.00. The molecule has 0 saturated heterocycles. The van der Waals surface area contributed by atoms with Crippen LogP contribution in [0, 0.1) is 0 Å². The molecule has 0 radical (unpaired) electrons. The van der Waals surface area contributed by atoms with Crippen molar-refractivity contribution in [3.05, 3.63) is 30.3 Å². The Kier molecular flexibility index (Phi) is 5.87. The summed E-state index contributed by atoms with van der Waals surface area (Å²) in [7, 11) is 0. The fourth-order valence-corrected chi connectivity index (χ4v) is 2.19. The number of alkyl halides is 3. The number of hydrogen-bond donors (Lipinski definition) is 1.